The smallest absolute Gasteiger partial charge is 0.210 e. The molecule has 0 aliphatic carbocycles. The van der Waals surface area contributed by atoms with Crippen molar-refractivity contribution in [3.63, 3.8) is 0 Å². The summed E-state index contributed by atoms with van der Waals surface area (Å²) in [5, 5.41) is 0. The van der Waals surface area contributed by atoms with Crippen LogP contribution in [0.1, 0.15) is 33.4 Å². The minimum atomic E-state index is 0. The standard InChI is InChI=1S/2C13H13.C2H7Si.2ClH.Zr/c2*1-11-7-8-13(9-11)10-12-5-3-2-4-6-12;1-3-2;;;/h2*2-9H,10H2,1H3;3H,1-2H3;2*1H;/q2*-1;;;;+2. The molecule has 0 atom stereocenters. The molecule has 4 aromatic carbocycles. The van der Waals surface area contributed by atoms with Gasteiger partial charge in [-0.1, -0.05) is 112 Å². The Morgan fingerprint density at radius 1 is 0.562 bits per heavy atom. The molecule has 4 rings (SSSR count). The zero-order valence-corrected chi connectivity index (χ0v) is 24.8. The van der Waals surface area contributed by atoms with Crippen molar-refractivity contribution in [1.82, 2.24) is 0 Å². The molecule has 0 fully saturated rings. The minimum Gasteiger partial charge on any atom is -0.210 e. The van der Waals surface area contributed by atoms with Crippen LogP contribution in [0.2, 0.25) is 13.1 Å². The van der Waals surface area contributed by atoms with Crippen LogP contribution < -0.4 is 0 Å². The van der Waals surface area contributed by atoms with E-state index >= 15 is 0 Å². The molecule has 0 nitrogen and oxygen atoms in total. The van der Waals surface area contributed by atoms with Crippen molar-refractivity contribution in [3.8, 4) is 0 Å². The van der Waals surface area contributed by atoms with E-state index in [1.807, 2.05) is 0 Å². The summed E-state index contributed by atoms with van der Waals surface area (Å²) in [5.74, 6) is 0. The summed E-state index contributed by atoms with van der Waals surface area (Å²) in [5.41, 5.74) is 8.28. The van der Waals surface area contributed by atoms with Gasteiger partial charge in [-0.2, -0.15) is 46.5 Å². The van der Waals surface area contributed by atoms with Crippen molar-refractivity contribution < 1.29 is 26.2 Å². The van der Waals surface area contributed by atoms with Crippen LogP contribution in [0.15, 0.2) is 97.1 Å². The van der Waals surface area contributed by atoms with E-state index in [4.69, 9.17) is 0 Å². The maximum Gasteiger partial charge on any atom is 2.00 e. The van der Waals surface area contributed by atoms with E-state index in [9.17, 15) is 0 Å². The Labute approximate surface area is 229 Å². The molecule has 0 saturated carbocycles. The first-order chi connectivity index (χ1) is 14.1. The van der Waals surface area contributed by atoms with Gasteiger partial charge in [0.05, 0.1) is 0 Å². The van der Waals surface area contributed by atoms with Gasteiger partial charge in [-0.15, -0.1) is 24.8 Å². The molecule has 32 heavy (non-hydrogen) atoms. The van der Waals surface area contributed by atoms with Gasteiger partial charge in [-0.3, -0.25) is 0 Å². The molecule has 0 saturated heterocycles. The average molecular weight is 562 g/mol. The first-order valence-electron chi connectivity index (χ1n) is 10.4. The number of hydrogen-bond acceptors (Lipinski definition) is 0. The van der Waals surface area contributed by atoms with E-state index in [0.717, 1.165) is 22.4 Å². The Bertz CT molecular complexity index is 853. The topological polar surface area (TPSA) is 0 Å². The van der Waals surface area contributed by atoms with Crippen LogP contribution in [0.3, 0.4) is 0 Å². The summed E-state index contributed by atoms with van der Waals surface area (Å²) in [6, 6.07) is 34.3. The molecule has 0 bridgehead atoms. The second-order valence-electron chi connectivity index (χ2n) is 7.50. The molecule has 0 amide bonds. The summed E-state index contributed by atoms with van der Waals surface area (Å²) in [6.07, 6.45) is 2.10. The third-order valence-electron chi connectivity index (χ3n) is 4.45. The summed E-state index contributed by atoms with van der Waals surface area (Å²) in [6.45, 7) is 8.68. The van der Waals surface area contributed by atoms with Crippen LogP contribution >= 0.6 is 24.8 Å². The molecule has 169 valence electrons. The second-order valence-corrected chi connectivity index (χ2v) is 8.65. The van der Waals surface area contributed by atoms with Gasteiger partial charge in [0.2, 0.25) is 0 Å². The summed E-state index contributed by atoms with van der Waals surface area (Å²) >= 11 is 0. The van der Waals surface area contributed by atoms with Gasteiger partial charge in [-0.05, 0) is 0 Å². The minimum absolute atomic E-state index is 0. The third-order valence-corrected chi connectivity index (χ3v) is 4.45. The maximum absolute atomic E-state index is 2.24. The van der Waals surface area contributed by atoms with E-state index < -0.39 is 0 Å². The van der Waals surface area contributed by atoms with Crippen molar-refractivity contribution in [3.05, 3.63) is 130 Å². The van der Waals surface area contributed by atoms with Crippen molar-refractivity contribution in [1.29, 1.82) is 0 Å². The van der Waals surface area contributed by atoms with Crippen molar-refractivity contribution in [2.45, 2.75) is 39.8 Å². The monoisotopic (exact) mass is 559 g/mol. The van der Waals surface area contributed by atoms with Crippen LogP contribution in [0.5, 0.6) is 0 Å². The van der Waals surface area contributed by atoms with E-state index in [2.05, 4.69) is 124 Å². The van der Waals surface area contributed by atoms with Gasteiger partial charge in [0.15, 0.2) is 0 Å². The quantitative estimate of drug-likeness (QED) is 0.175. The predicted molar refractivity (Wildman–Crippen MR) is 145 cm³/mol. The normalized spacial score (nSPS) is 8.88. The Morgan fingerprint density at radius 3 is 1.12 bits per heavy atom. The maximum atomic E-state index is 2.24. The zero-order valence-electron chi connectivity index (χ0n) is 19.5. The molecule has 0 heterocycles. The van der Waals surface area contributed by atoms with Crippen molar-refractivity contribution in [2.24, 2.45) is 0 Å². The summed E-state index contributed by atoms with van der Waals surface area (Å²) in [4.78, 5) is 0. The fraction of sp³-hybridized carbons (Fsp3) is 0.214. The van der Waals surface area contributed by atoms with Crippen LogP contribution in [-0.4, -0.2) is 9.52 Å². The van der Waals surface area contributed by atoms with E-state index in [1.54, 1.807) is 0 Å². The van der Waals surface area contributed by atoms with Crippen LogP contribution in [0.25, 0.3) is 0 Å². The molecule has 1 radical (unpaired) electrons. The molecule has 0 aliphatic heterocycles. The molecule has 0 spiro atoms. The molecule has 0 aliphatic rings. The molecule has 4 heteroatoms. The largest absolute Gasteiger partial charge is 2.00 e. The molecule has 0 unspecified atom stereocenters. The molecule has 0 N–H and O–H groups in total. The van der Waals surface area contributed by atoms with E-state index in [0.29, 0.717) is 0 Å². The van der Waals surface area contributed by atoms with Gasteiger partial charge in [0, 0.05) is 9.52 Å². The fourth-order valence-corrected chi connectivity index (χ4v) is 3.14. The Morgan fingerprint density at radius 2 is 0.875 bits per heavy atom. The number of hydrogen-bond donors (Lipinski definition) is 0. The van der Waals surface area contributed by atoms with Gasteiger partial charge in [0.1, 0.15) is 0 Å². The van der Waals surface area contributed by atoms with Gasteiger partial charge < -0.3 is 0 Å². The number of aryl methyl sites for hydroxylation is 2. The number of benzene rings is 2. The van der Waals surface area contributed by atoms with E-state index in [-0.39, 0.29) is 51.0 Å². The summed E-state index contributed by atoms with van der Waals surface area (Å²) in [7, 11) is 0.750. The number of halogens is 2. The second kappa shape index (κ2) is 19.3. The Kier molecular flexibility index (Phi) is 19.9. The fourth-order valence-electron chi connectivity index (χ4n) is 3.14. The SMILES string of the molecule is C[SiH]C.C[c-]1ccc(Cc2ccccc2)c1.C[c-]1ccc(Cc2ccccc2)c1.Cl.Cl.[Zr+2]. The average Bonchev–Trinajstić information content (AvgIpc) is 3.32. The van der Waals surface area contributed by atoms with Gasteiger partial charge >= 0.3 is 26.2 Å². The Balaban J connectivity index is 0. The number of rotatable bonds is 4. The van der Waals surface area contributed by atoms with Crippen molar-refractivity contribution >= 4 is 34.3 Å². The molecule has 4 aromatic rings. The zero-order chi connectivity index (χ0) is 20.9. The molecular formula is C28H35Cl2SiZr. The Hall–Kier alpha value is -1.18. The first-order valence-corrected chi connectivity index (χ1v) is 12.7. The predicted octanol–water partition coefficient (Wildman–Crippen LogP) is 7.97. The van der Waals surface area contributed by atoms with Gasteiger partial charge in [0.25, 0.3) is 0 Å². The first kappa shape index (κ1) is 33.0. The summed E-state index contributed by atoms with van der Waals surface area (Å²) < 4.78 is 0. The van der Waals surface area contributed by atoms with Gasteiger partial charge in [-0.25, -0.2) is 12.1 Å². The van der Waals surface area contributed by atoms with Crippen LogP contribution in [0.4, 0.5) is 0 Å². The third kappa shape index (κ3) is 13.4. The molecular weight excluding hydrogens is 527 g/mol. The van der Waals surface area contributed by atoms with Crippen molar-refractivity contribution in [2.75, 3.05) is 0 Å². The van der Waals surface area contributed by atoms with E-state index in [1.165, 1.54) is 33.4 Å². The van der Waals surface area contributed by atoms with Crippen LogP contribution in [-0.2, 0) is 39.0 Å². The molecule has 0 aromatic heterocycles. The van der Waals surface area contributed by atoms with Crippen LogP contribution in [0, 0.1) is 13.8 Å².